The van der Waals surface area contributed by atoms with Crippen LogP contribution >= 0.6 is 0 Å². The molecule has 0 bridgehead atoms. The maximum absolute atomic E-state index is 11.7. The minimum atomic E-state index is -0.124. The third-order valence-corrected chi connectivity index (χ3v) is 17.1. The Labute approximate surface area is 473 Å². The van der Waals surface area contributed by atoms with E-state index in [1.807, 2.05) is 18.2 Å². The topological polar surface area (TPSA) is 33.5 Å². The van der Waals surface area contributed by atoms with Crippen LogP contribution in [-0.4, -0.2) is 6.29 Å². The van der Waals surface area contributed by atoms with Gasteiger partial charge in [0.25, 0.3) is 0 Å². The number of hydrogen-bond acceptors (Lipinski definition) is 3. The number of nitrogens with zero attached hydrogens (tertiary/aromatic N) is 1. The Balaban J connectivity index is 1.01. The number of hydrogen-bond donors (Lipinski definition) is 0. The van der Waals surface area contributed by atoms with Gasteiger partial charge in [-0.2, -0.15) is 0 Å². The molecular weight excluding hydrogens is 959 g/mol. The lowest BCUT2D eigenvalue weighted by molar-refractivity contribution is 0.112. The molecule has 404 valence electrons. The van der Waals surface area contributed by atoms with E-state index in [2.05, 4.69) is 224 Å². The van der Waals surface area contributed by atoms with Gasteiger partial charge in [0.15, 0.2) is 0 Å². The lowest BCUT2D eigenvalue weighted by atomic mass is 9.70. The summed E-state index contributed by atoms with van der Waals surface area (Å²) in [6.07, 6.45) is 18.4. The molecule has 0 unspecified atom stereocenters. The van der Waals surface area contributed by atoms with Gasteiger partial charge in [-0.25, -0.2) is 0 Å². The van der Waals surface area contributed by atoms with E-state index in [1.165, 1.54) is 144 Å². The monoisotopic (exact) mass is 1040 g/mol. The van der Waals surface area contributed by atoms with Crippen LogP contribution in [0.3, 0.4) is 0 Å². The summed E-state index contributed by atoms with van der Waals surface area (Å²) >= 11 is 0. The van der Waals surface area contributed by atoms with E-state index in [4.69, 9.17) is 4.42 Å². The molecule has 10 rings (SSSR count). The minimum Gasteiger partial charge on any atom is -0.456 e. The van der Waals surface area contributed by atoms with Crippen LogP contribution in [0.4, 0.5) is 17.1 Å². The molecule has 0 spiro atoms. The number of carbonyl (C=O) groups excluding carboxylic acids is 1. The highest BCUT2D eigenvalue weighted by Gasteiger charge is 2.43. The first-order valence-corrected chi connectivity index (χ1v) is 29.9. The lowest BCUT2D eigenvalue weighted by Crippen LogP contribution is -2.25. The molecule has 0 atom stereocenters. The van der Waals surface area contributed by atoms with Crippen molar-refractivity contribution in [3.8, 4) is 55.8 Å². The zero-order valence-corrected chi connectivity index (χ0v) is 48.6. The summed E-state index contributed by atoms with van der Waals surface area (Å²) in [5.41, 5.74) is 21.6. The molecule has 3 heteroatoms. The SMILES string of the molecule is CCCCCCCCC1(CCCCCCCC)c2cc(-c3ccc(N(c4ccc(-c5ccc(C(C)(C)C)cc5)cc4)c4ccc(-c5ccc(C(C)(C)C)cc5)cc4)cc3)ccc2-c2ccc(-c3cc4ccc(C=O)cc4o3)cc21. The van der Waals surface area contributed by atoms with Gasteiger partial charge in [0.05, 0.1) is 0 Å². The van der Waals surface area contributed by atoms with Crippen molar-refractivity contribution >= 4 is 34.3 Å². The number of carbonyl (C=O) groups is 1. The number of aldehydes is 1. The molecule has 0 saturated carbocycles. The molecule has 0 amide bonds. The highest BCUT2D eigenvalue weighted by Crippen LogP contribution is 2.56. The number of anilines is 3. The van der Waals surface area contributed by atoms with Gasteiger partial charge < -0.3 is 9.32 Å². The second-order valence-corrected chi connectivity index (χ2v) is 24.8. The number of benzene rings is 8. The van der Waals surface area contributed by atoms with Gasteiger partial charge in [0.1, 0.15) is 17.6 Å². The van der Waals surface area contributed by atoms with Crippen molar-refractivity contribution in [2.45, 2.75) is 162 Å². The van der Waals surface area contributed by atoms with Gasteiger partial charge in [0.2, 0.25) is 0 Å². The molecule has 1 aliphatic rings. The standard InChI is InChI=1S/C76H83NO2/c1-9-11-13-15-17-19-47-76(48-20-18-16-14-12-10-2)70-50-60(33-45-68(70)69-46-34-61(51-71(69)76)73-52-62-22-21-54(53-78)49-72(62)79-73)59-31-43-67(44-32-59)77(65-39-27-57(28-40-65)55-23-35-63(36-24-55)74(3,4)5)66-41-29-58(30-42-66)56-25-37-64(38-26-56)75(6,7)8/h21-46,49-53H,9-20,47-48H2,1-8H3. The van der Waals surface area contributed by atoms with Crippen LogP contribution < -0.4 is 4.90 Å². The number of rotatable bonds is 22. The molecule has 0 saturated heterocycles. The van der Waals surface area contributed by atoms with E-state index in [0.717, 1.165) is 58.5 Å². The molecule has 1 aromatic heterocycles. The Morgan fingerprint density at radius 3 is 1.22 bits per heavy atom. The van der Waals surface area contributed by atoms with Crippen molar-refractivity contribution in [1.29, 1.82) is 0 Å². The second kappa shape index (κ2) is 24.0. The van der Waals surface area contributed by atoms with Crippen LogP contribution in [0, 0.1) is 0 Å². The first-order chi connectivity index (χ1) is 38.3. The highest BCUT2D eigenvalue weighted by atomic mass is 16.3. The third kappa shape index (κ3) is 12.2. The molecule has 79 heavy (non-hydrogen) atoms. The smallest absolute Gasteiger partial charge is 0.150 e. The van der Waals surface area contributed by atoms with Gasteiger partial charge in [-0.1, -0.05) is 254 Å². The molecule has 9 aromatic rings. The number of fused-ring (bicyclic) bond motifs is 4. The van der Waals surface area contributed by atoms with Crippen LogP contribution in [0.1, 0.15) is 178 Å². The van der Waals surface area contributed by atoms with Gasteiger partial charge in [-0.3, -0.25) is 4.79 Å². The Morgan fingerprint density at radius 2 is 0.785 bits per heavy atom. The Bertz CT molecular complexity index is 3350. The average molecular weight is 1040 g/mol. The van der Waals surface area contributed by atoms with Crippen LogP contribution in [0.5, 0.6) is 0 Å². The maximum Gasteiger partial charge on any atom is 0.150 e. The number of furan rings is 1. The van der Waals surface area contributed by atoms with E-state index in [-0.39, 0.29) is 16.2 Å². The highest BCUT2D eigenvalue weighted by molar-refractivity contribution is 5.91. The van der Waals surface area contributed by atoms with Crippen molar-refractivity contribution < 1.29 is 9.21 Å². The van der Waals surface area contributed by atoms with Crippen LogP contribution in [-0.2, 0) is 16.2 Å². The predicted octanol–water partition coefficient (Wildman–Crippen LogP) is 22.7. The van der Waals surface area contributed by atoms with Gasteiger partial charge >= 0.3 is 0 Å². The summed E-state index contributed by atoms with van der Waals surface area (Å²) in [6, 6.07) is 67.9. The first kappa shape index (κ1) is 55.1. The fraction of sp³-hybridized carbons (Fsp3) is 0.329. The fourth-order valence-corrected chi connectivity index (χ4v) is 12.4. The molecule has 0 fully saturated rings. The van der Waals surface area contributed by atoms with Crippen LogP contribution in [0.25, 0.3) is 66.8 Å². The van der Waals surface area contributed by atoms with Crippen LogP contribution in [0.15, 0.2) is 186 Å². The summed E-state index contributed by atoms with van der Waals surface area (Å²) in [5.74, 6) is 0.850. The molecule has 0 N–H and O–H groups in total. The van der Waals surface area contributed by atoms with Crippen molar-refractivity contribution in [3.63, 3.8) is 0 Å². The molecule has 3 nitrogen and oxygen atoms in total. The molecule has 1 aliphatic carbocycles. The average Bonchev–Trinajstić information content (AvgIpc) is 4.26. The second-order valence-electron chi connectivity index (χ2n) is 24.8. The summed E-state index contributed by atoms with van der Waals surface area (Å²) in [5, 5.41) is 1.01. The van der Waals surface area contributed by atoms with Crippen molar-refractivity contribution in [2.75, 3.05) is 4.90 Å². The van der Waals surface area contributed by atoms with E-state index < -0.39 is 0 Å². The normalized spacial score (nSPS) is 12.9. The van der Waals surface area contributed by atoms with E-state index in [0.29, 0.717) is 5.56 Å². The lowest BCUT2D eigenvalue weighted by Gasteiger charge is -2.33. The molecule has 1 heterocycles. The van der Waals surface area contributed by atoms with Crippen molar-refractivity contribution in [3.05, 3.63) is 210 Å². The summed E-state index contributed by atoms with van der Waals surface area (Å²) in [4.78, 5) is 14.1. The molecule has 8 aromatic carbocycles. The zero-order valence-electron chi connectivity index (χ0n) is 48.6. The van der Waals surface area contributed by atoms with Gasteiger partial charge in [-0.05, 0) is 151 Å². The Hall–Kier alpha value is -7.23. The Kier molecular flexibility index (Phi) is 16.7. The fourth-order valence-electron chi connectivity index (χ4n) is 12.4. The summed E-state index contributed by atoms with van der Waals surface area (Å²) < 4.78 is 6.54. The maximum atomic E-state index is 11.7. The summed E-state index contributed by atoms with van der Waals surface area (Å²) in [6.45, 7) is 18.2. The van der Waals surface area contributed by atoms with Crippen molar-refractivity contribution in [2.24, 2.45) is 0 Å². The first-order valence-electron chi connectivity index (χ1n) is 29.9. The number of unbranched alkanes of at least 4 members (excludes halogenated alkanes) is 10. The molecular formula is C76H83NO2. The summed E-state index contributed by atoms with van der Waals surface area (Å²) in [7, 11) is 0. The van der Waals surface area contributed by atoms with Gasteiger partial charge in [-0.15, -0.1) is 0 Å². The zero-order chi connectivity index (χ0) is 55.2. The predicted molar refractivity (Wildman–Crippen MR) is 338 cm³/mol. The van der Waals surface area contributed by atoms with E-state index >= 15 is 0 Å². The van der Waals surface area contributed by atoms with Crippen molar-refractivity contribution in [1.82, 2.24) is 0 Å². The minimum absolute atomic E-state index is 0.107. The quantitative estimate of drug-likeness (QED) is 0.0501. The van der Waals surface area contributed by atoms with E-state index in [9.17, 15) is 4.79 Å². The Morgan fingerprint density at radius 1 is 0.405 bits per heavy atom. The molecule has 0 radical (unpaired) electrons. The van der Waals surface area contributed by atoms with Gasteiger partial charge in [0, 0.05) is 39.0 Å². The van der Waals surface area contributed by atoms with E-state index in [1.54, 1.807) is 0 Å². The molecule has 0 aliphatic heterocycles. The third-order valence-electron chi connectivity index (χ3n) is 17.1. The largest absolute Gasteiger partial charge is 0.456 e. The van der Waals surface area contributed by atoms with Crippen LogP contribution in [0.2, 0.25) is 0 Å².